The summed E-state index contributed by atoms with van der Waals surface area (Å²) in [6.45, 7) is 7.86. The van der Waals surface area contributed by atoms with Gasteiger partial charge in [0.2, 0.25) is 0 Å². The monoisotopic (exact) mass is 329 g/mol. The van der Waals surface area contributed by atoms with Crippen LogP contribution in [0.3, 0.4) is 0 Å². The van der Waals surface area contributed by atoms with E-state index in [0.717, 1.165) is 0 Å². The second kappa shape index (κ2) is 6.62. The molecular weight excluding hydrogens is 306 g/mol. The van der Waals surface area contributed by atoms with Gasteiger partial charge in [-0.05, 0) is 33.2 Å². The van der Waals surface area contributed by atoms with E-state index in [1.165, 1.54) is 7.11 Å². The number of methoxy groups -OCH3 is 1. The molecule has 0 aromatic rings. The second-order valence-corrected chi connectivity index (χ2v) is 6.66. The Hall–Kier alpha value is -1.38. The lowest BCUT2D eigenvalue weighted by atomic mass is 9.97. The molecule has 3 unspecified atom stereocenters. The van der Waals surface area contributed by atoms with Gasteiger partial charge >= 0.3 is 5.97 Å². The summed E-state index contributed by atoms with van der Waals surface area (Å²) < 4.78 is 28.0. The van der Waals surface area contributed by atoms with Crippen LogP contribution in [0.4, 0.5) is 0 Å². The molecule has 0 saturated carbocycles. The Morgan fingerprint density at radius 3 is 2.57 bits per heavy atom. The maximum absolute atomic E-state index is 12.0. The smallest absolute Gasteiger partial charge is 0.317 e. The third-order valence-electron chi connectivity index (χ3n) is 3.73. The van der Waals surface area contributed by atoms with Crippen molar-refractivity contribution in [3.05, 3.63) is 10.4 Å². The second-order valence-electron chi connectivity index (χ2n) is 6.66. The lowest BCUT2D eigenvalue weighted by Crippen LogP contribution is -2.59. The highest BCUT2D eigenvalue weighted by molar-refractivity contribution is 5.76. The van der Waals surface area contributed by atoms with Crippen molar-refractivity contribution in [2.45, 2.75) is 63.4 Å². The molecule has 0 radical (unpaired) electrons. The molecule has 0 N–H and O–H groups in total. The molecule has 2 fully saturated rings. The molecular formula is C14H23N3O6. The van der Waals surface area contributed by atoms with E-state index in [9.17, 15) is 4.79 Å². The standard InChI is InChI=1S/C14H23N3O6/c1-13(2)7-20-10(8-6-21-14(3,4)22-8)11(23-13)9(16-17-15)12(18)19-5/h8-11H,6-7H2,1-5H3/t8?,9-,10?,11?/m1/s1. The highest BCUT2D eigenvalue weighted by atomic mass is 16.8. The highest BCUT2D eigenvalue weighted by Gasteiger charge is 2.50. The fraction of sp³-hybridized carbons (Fsp3) is 0.929. The number of nitrogens with zero attached hydrogens (tertiary/aromatic N) is 3. The molecule has 23 heavy (non-hydrogen) atoms. The molecule has 2 heterocycles. The van der Waals surface area contributed by atoms with Gasteiger partial charge in [0.15, 0.2) is 11.8 Å². The van der Waals surface area contributed by atoms with E-state index < -0.39 is 41.7 Å². The van der Waals surface area contributed by atoms with Gasteiger partial charge in [0.1, 0.15) is 18.3 Å². The minimum absolute atomic E-state index is 0.294. The predicted octanol–water partition coefficient (Wildman–Crippen LogP) is 1.55. The van der Waals surface area contributed by atoms with Crippen LogP contribution < -0.4 is 0 Å². The van der Waals surface area contributed by atoms with Gasteiger partial charge in [-0.1, -0.05) is 5.11 Å². The molecule has 2 aliphatic rings. The fourth-order valence-corrected chi connectivity index (χ4v) is 2.72. The maximum Gasteiger partial charge on any atom is 0.317 e. The average Bonchev–Trinajstić information content (AvgIpc) is 2.83. The Balaban J connectivity index is 2.28. The number of hydrogen-bond donors (Lipinski definition) is 0. The van der Waals surface area contributed by atoms with E-state index >= 15 is 0 Å². The molecule has 2 aliphatic heterocycles. The van der Waals surface area contributed by atoms with Gasteiger partial charge in [0.25, 0.3) is 0 Å². The van der Waals surface area contributed by atoms with Crippen molar-refractivity contribution in [2.75, 3.05) is 20.3 Å². The van der Waals surface area contributed by atoms with E-state index in [-0.39, 0.29) is 0 Å². The number of esters is 1. The Bertz CT molecular complexity index is 503. The first-order valence-corrected chi connectivity index (χ1v) is 7.42. The molecule has 0 amide bonds. The number of hydrogen-bond acceptors (Lipinski definition) is 7. The van der Waals surface area contributed by atoms with Gasteiger partial charge in [-0.25, -0.2) is 0 Å². The SMILES string of the molecule is COC(=O)[C@H](N=[N+]=[N-])C1OC(C)(C)COC1C1COC(C)(C)O1. The fourth-order valence-electron chi connectivity index (χ4n) is 2.72. The summed E-state index contributed by atoms with van der Waals surface area (Å²) in [5.74, 6) is -1.43. The lowest BCUT2D eigenvalue weighted by Gasteiger charge is -2.44. The van der Waals surface area contributed by atoms with Crippen molar-refractivity contribution in [3.63, 3.8) is 0 Å². The first-order chi connectivity index (χ1) is 10.7. The van der Waals surface area contributed by atoms with Crippen LogP contribution in [0.5, 0.6) is 0 Å². The van der Waals surface area contributed by atoms with Gasteiger partial charge in [-0.15, -0.1) is 0 Å². The number of rotatable bonds is 4. The third kappa shape index (κ3) is 4.13. The Kier molecular flexibility index (Phi) is 5.17. The molecule has 0 aromatic carbocycles. The van der Waals surface area contributed by atoms with Crippen molar-refractivity contribution in [3.8, 4) is 0 Å². The zero-order chi connectivity index (χ0) is 17.3. The normalized spacial score (nSPS) is 33.5. The van der Waals surface area contributed by atoms with Crippen LogP contribution in [-0.2, 0) is 28.5 Å². The summed E-state index contributed by atoms with van der Waals surface area (Å²) in [5, 5.41) is 3.55. The van der Waals surface area contributed by atoms with Crippen molar-refractivity contribution in [1.82, 2.24) is 0 Å². The largest absolute Gasteiger partial charge is 0.469 e. The average molecular weight is 329 g/mol. The molecule has 0 bridgehead atoms. The zero-order valence-corrected chi connectivity index (χ0v) is 14.0. The van der Waals surface area contributed by atoms with Gasteiger partial charge in [-0.2, -0.15) is 0 Å². The highest BCUT2D eigenvalue weighted by Crippen LogP contribution is 2.34. The van der Waals surface area contributed by atoms with Gasteiger partial charge < -0.3 is 23.7 Å². The molecule has 0 spiro atoms. The van der Waals surface area contributed by atoms with E-state index in [4.69, 9.17) is 29.2 Å². The molecule has 9 heteroatoms. The van der Waals surface area contributed by atoms with Crippen LogP contribution in [0, 0.1) is 0 Å². The van der Waals surface area contributed by atoms with Crippen LogP contribution in [0.2, 0.25) is 0 Å². The first kappa shape index (κ1) is 18.0. The Morgan fingerprint density at radius 2 is 2.04 bits per heavy atom. The molecule has 9 nitrogen and oxygen atoms in total. The predicted molar refractivity (Wildman–Crippen MR) is 78.5 cm³/mol. The van der Waals surface area contributed by atoms with Crippen LogP contribution in [0.25, 0.3) is 10.4 Å². The first-order valence-electron chi connectivity index (χ1n) is 7.42. The summed E-state index contributed by atoms with van der Waals surface area (Å²) in [6.07, 6.45) is -1.88. The van der Waals surface area contributed by atoms with Gasteiger partial charge in [-0.3, -0.25) is 4.79 Å². The summed E-state index contributed by atoms with van der Waals surface area (Å²) >= 11 is 0. The minimum atomic E-state index is -1.16. The van der Waals surface area contributed by atoms with Crippen molar-refractivity contribution in [1.29, 1.82) is 0 Å². The maximum atomic E-state index is 12.0. The Morgan fingerprint density at radius 1 is 1.35 bits per heavy atom. The third-order valence-corrected chi connectivity index (χ3v) is 3.73. The number of carbonyl (C=O) groups excluding carboxylic acids is 1. The van der Waals surface area contributed by atoms with Crippen LogP contribution in [0.1, 0.15) is 27.7 Å². The number of ether oxygens (including phenoxy) is 5. The van der Waals surface area contributed by atoms with Crippen molar-refractivity contribution >= 4 is 5.97 Å². The zero-order valence-electron chi connectivity index (χ0n) is 14.0. The molecule has 130 valence electrons. The van der Waals surface area contributed by atoms with E-state index in [2.05, 4.69) is 10.0 Å². The molecule has 0 aliphatic carbocycles. The summed E-state index contributed by atoms with van der Waals surface area (Å²) in [7, 11) is 1.23. The minimum Gasteiger partial charge on any atom is -0.469 e. The van der Waals surface area contributed by atoms with Crippen molar-refractivity contribution in [2.24, 2.45) is 5.11 Å². The van der Waals surface area contributed by atoms with Crippen LogP contribution in [-0.4, -0.2) is 62.0 Å². The number of carbonyl (C=O) groups is 1. The van der Waals surface area contributed by atoms with Crippen LogP contribution >= 0.6 is 0 Å². The number of azide groups is 1. The molecule has 2 rings (SSSR count). The summed E-state index contributed by atoms with van der Waals surface area (Å²) in [4.78, 5) is 14.7. The molecule has 0 aromatic heterocycles. The summed E-state index contributed by atoms with van der Waals surface area (Å²) in [5.41, 5.74) is 8.14. The van der Waals surface area contributed by atoms with E-state index in [0.29, 0.717) is 13.2 Å². The Labute approximate surface area is 134 Å². The molecule has 2 saturated heterocycles. The van der Waals surface area contributed by atoms with Gasteiger partial charge in [0.05, 0.1) is 25.9 Å². The van der Waals surface area contributed by atoms with E-state index in [1.807, 2.05) is 13.8 Å². The van der Waals surface area contributed by atoms with Gasteiger partial charge in [0, 0.05) is 4.91 Å². The quantitative estimate of drug-likeness (QED) is 0.335. The summed E-state index contributed by atoms with van der Waals surface area (Å²) in [6, 6.07) is -1.16. The van der Waals surface area contributed by atoms with E-state index in [1.54, 1.807) is 13.8 Å². The van der Waals surface area contributed by atoms with Crippen LogP contribution in [0.15, 0.2) is 5.11 Å². The topological polar surface area (TPSA) is 112 Å². The van der Waals surface area contributed by atoms with Crippen molar-refractivity contribution < 1.29 is 28.5 Å². The lowest BCUT2D eigenvalue weighted by molar-refractivity contribution is -0.253. The molecule has 4 atom stereocenters.